The number of halogens is 9. The van der Waals surface area contributed by atoms with Crippen molar-refractivity contribution in [1.82, 2.24) is 0 Å². The van der Waals surface area contributed by atoms with Crippen LogP contribution in [0.15, 0.2) is 30.3 Å². The summed E-state index contributed by atoms with van der Waals surface area (Å²) in [6.45, 7) is 0. The zero-order chi connectivity index (χ0) is 23.3. The molecule has 0 atom stereocenters. The smallest absolute Gasteiger partial charge is 0.490 e. The van der Waals surface area contributed by atoms with Gasteiger partial charge in [-0.15, -0.1) is 0 Å². The van der Waals surface area contributed by atoms with E-state index in [0.717, 1.165) is 0 Å². The molecule has 0 aliphatic heterocycles. The lowest BCUT2D eigenvalue weighted by molar-refractivity contribution is -0.193. The average molecular weight is 436 g/mol. The van der Waals surface area contributed by atoms with Crippen molar-refractivity contribution < 1.29 is 74.3 Å². The molecule has 0 aromatic heterocycles. The Kier molecular flexibility index (Phi) is 12.9. The second kappa shape index (κ2) is 12.2. The molecule has 0 saturated carbocycles. The summed E-state index contributed by atoms with van der Waals surface area (Å²) in [6.07, 6.45) is -15.3. The molecule has 7 nitrogen and oxygen atoms in total. The number of carboxylic acid groups (broad SMARTS) is 3. The van der Waals surface area contributed by atoms with Crippen molar-refractivity contribution in [2.75, 3.05) is 0 Å². The summed E-state index contributed by atoms with van der Waals surface area (Å²) in [5.41, 5.74) is 0. The number of rotatable bonds is 0. The lowest BCUT2D eigenvalue weighted by Gasteiger charge is -1.93. The van der Waals surface area contributed by atoms with Gasteiger partial charge in [-0.3, -0.25) is 0 Å². The summed E-state index contributed by atoms with van der Waals surface area (Å²) in [4.78, 5) is 26.7. The number of carboxylic acids is 3. The number of benzene rings is 1. The van der Waals surface area contributed by atoms with Gasteiger partial charge in [-0.2, -0.15) is 39.5 Å². The molecular weight excluding hydrogens is 427 g/mol. The van der Waals surface area contributed by atoms with Crippen LogP contribution in [0, 0.1) is 0 Å². The van der Waals surface area contributed by atoms with Gasteiger partial charge in [-0.05, 0) is 12.1 Å². The van der Waals surface area contributed by atoms with E-state index in [9.17, 15) is 39.5 Å². The second-order valence-corrected chi connectivity index (χ2v) is 3.74. The van der Waals surface area contributed by atoms with E-state index in [1.165, 1.54) is 0 Å². The highest BCUT2D eigenvalue weighted by molar-refractivity contribution is 5.73. The number of alkyl halides is 9. The lowest BCUT2D eigenvalue weighted by atomic mass is 10.3. The Labute approximate surface area is 148 Å². The summed E-state index contributed by atoms with van der Waals surface area (Å²) in [5.74, 6) is -7.95. The number of phenols is 1. The molecule has 1 aromatic carbocycles. The summed E-state index contributed by atoms with van der Waals surface area (Å²) in [6, 6.07) is 8.71. The molecular formula is C12H9F9O7. The quantitative estimate of drug-likeness (QED) is 0.459. The first kappa shape index (κ1) is 29.6. The van der Waals surface area contributed by atoms with Gasteiger partial charge >= 0.3 is 36.4 Å². The van der Waals surface area contributed by atoms with E-state index in [1.807, 2.05) is 6.07 Å². The summed E-state index contributed by atoms with van der Waals surface area (Å²) in [5, 5.41) is 30.0. The summed E-state index contributed by atoms with van der Waals surface area (Å²) < 4.78 is 95.2. The first-order valence-corrected chi connectivity index (χ1v) is 5.87. The molecule has 162 valence electrons. The van der Waals surface area contributed by atoms with Crippen LogP contribution in [0.5, 0.6) is 5.75 Å². The zero-order valence-electron chi connectivity index (χ0n) is 12.8. The molecule has 0 radical (unpaired) electrons. The fraction of sp³-hybridized carbons (Fsp3) is 0.250. The van der Waals surface area contributed by atoms with Crippen molar-refractivity contribution in [2.45, 2.75) is 18.5 Å². The van der Waals surface area contributed by atoms with Crippen LogP contribution in [0.4, 0.5) is 39.5 Å². The van der Waals surface area contributed by atoms with Gasteiger partial charge in [0.2, 0.25) is 0 Å². The van der Waals surface area contributed by atoms with Crippen LogP contribution in [0.3, 0.4) is 0 Å². The van der Waals surface area contributed by atoms with Crippen molar-refractivity contribution in [3.8, 4) is 5.75 Å². The predicted molar refractivity (Wildman–Crippen MR) is 69.2 cm³/mol. The SMILES string of the molecule is O=C(O)C(F)(F)F.O=C(O)C(F)(F)F.O=C(O)C(F)(F)F.Oc1ccccc1. The highest BCUT2D eigenvalue weighted by atomic mass is 19.4. The zero-order valence-corrected chi connectivity index (χ0v) is 12.8. The van der Waals surface area contributed by atoms with Crippen LogP contribution in [0.25, 0.3) is 0 Å². The minimum absolute atomic E-state index is 0.322. The average Bonchev–Trinajstić information content (AvgIpc) is 2.46. The van der Waals surface area contributed by atoms with Crippen LogP contribution in [0.2, 0.25) is 0 Å². The van der Waals surface area contributed by atoms with Crippen molar-refractivity contribution >= 4 is 17.9 Å². The third kappa shape index (κ3) is 20.8. The molecule has 0 saturated heterocycles. The van der Waals surface area contributed by atoms with Gasteiger partial charge in [0, 0.05) is 0 Å². The first-order chi connectivity index (χ1) is 12.2. The highest BCUT2D eigenvalue weighted by Crippen LogP contribution is 2.14. The molecule has 16 heteroatoms. The number of hydrogen-bond acceptors (Lipinski definition) is 4. The molecule has 0 spiro atoms. The number of phenolic OH excluding ortho intramolecular Hbond substituents is 1. The predicted octanol–water partition coefficient (Wildman–Crippen LogP) is 3.29. The number of hydrogen-bond donors (Lipinski definition) is 4. The number of aromatic hydroxyl groups is 1. The Hall–Kier alpha value is -3.20. The highest BCUT2D eigenvalue weighted by Gasteiger charge is 2.39. The minimum atomic E-state index is -5.08. The van der Waals surface area contributed by atoms with Crippen LogP contribution >= 0.6 is 0 Å². The maximum atomic E-state index is 10.6. The van der Waals surface area contributed by atoms with Crippen LogP contribution in [0.1, 0.15) is 0 Å². The molecule has 0 unspecified atom stereocenters. The molecule has 4 N–H and O–H groups in total. The Morgan fingerprint density at radius 2 is 0.750 bits per heavy atom. The van der Waals surface area contributed by atoms with Gasteiger partial charge in [0.1, 0.15) is 5.75 Å². The maximum absolute atomic E-state index is 10.6. The van der Waals surface area contributed by atoms with Crippen molar-refractivity contribution in [1.29, 1.82) is 0 Å². The second-order valence-electron chi connectivity index (χ2n) is 3.74. The van der Waals surface area contributed by atoms with Crippen molar-refractivity contribution in [2.24, 2.45) is 0 Å². The largest absolute Gasteiger partial charge is 0.508 e. The Morgan fingerprint density at radius 3 is 0.821 bits per heavy atom. The van der Waals surface area contributed by atoms with E-state index in [1.54, 1.807) is 24.3 Å². The van der Waals surface area contributed by atoms with Gasteiger partial charge < -0.3 is 20.4 Å². The monoisotopic (exact) mass is 436 g/mol. The molecule has 0 heterocycles. The van der Waals surface area contributed by atoms with Crippen LogP contribution in [-0.4, -0.2) is 56.9 Å². The molecule has 0 aliphatic rings. The van der Waals surface area contributed by atoms with E-state index >= 15 is 0 Å². The Morgan fingerprint density at radius 1 is 0.571 bits per heavy atom. The molecule has 1 rings (SSSR count). The third-order valence-corrected chi connectivity index (χ3v) is 1.48. The molecule has 0 bridgehead atoms. The van der Waals surface area contributed by atoms with Gasteiger partial charge in [0.15, 0.2) is 0 Å². The minimum Gasteiger partial charge on any atom is -0.508 e. The van der Waals surface area contributed by atoms with Gasteiger partial charge in [-0.1, -0.05) is 18.2 Å². The van der Waals surface area contributed by atoms with Gasteiger partial charge in [-0.25, -0.2) is 14.4 Å². The summed E-state index contributed by atoms with van der Waals surface area (Å²) in [7, 11) is 0. The van der Waals surface area contributed by atoms with Crippen molar-refractivity contribution in [3.05, 3.63) is 30.3 Å². The van der Waals surface area contributed by atoms with Crippen LogP contribution in [-0.2, 0) is 14.4 Å². The number of carbonyl (C=O) groups is 3. The van der Waals surface area contributed by atoms with E-state index in [0.29, 0.717) is 5.75 Å². The van der Waals surface area contributed by atoms with E-state index in [-0.39, 0.29) is 0 Å². The molecule has 0 fully saturated rings. The normalized spacial score (nSPS) is 10.6. The van der Waals surface area contributed by atoms with E-state index in [4.69, 9.17) is 34.8 Å². The Bertz CT molecular complexity index is 550. The number of para-hydroxylation sites is 1. The number of aliphatic carboxylic acids is 3. The fourth-order valence-corrected chi connectivity index (χ4v) is 0.428. The lowest BCUT2D eigenvalue weighted by Crippen LogP contribution is -2.21. The first-order valence-electron chi connectivity index (χ1n) is 5.87. The molecule has 0 amide bonds. The van der Waals surface area contributed by atoms with Crippen molar-refractivity contribution in [3.63, 3.8) is 0 Å². The van der Waals surface area contributed by atoms with E-state index in [2.05, 4.69) is 0 Å². The van der Waals surface area contributed by atoms with Crippen LogP contribution < -0.4 is 0 Å². The third-order valence-electron chi connectivity index (χ3n) is 1.48. The summed E-state index contributed by atoms with van der Waals surface area (Å²) >= 11 is 0. The fourth-order valence-electron chi connectivity index (χ4n) is 0.428. The maximum Gasteiger partial charge on any atom is 0.490 e. The van der Waals surface area contributed by atoms with Gasteiger partial charge in [0.05, 0.1) is 0 Å². The standard InChI is InChI=1S/C6H6O.3C2HF3O2/c7-6-4-2-1-3-5-6;3*3-2(4,5)1(6)7/h1-5,7H;3*(H,6,7). The van der Waals surface area contributed by atoms with Gasteiger partial charge in [0.25, 0.3) is 0 Å². The van der Waals surface area contributed by atoms with E-state index < -0.39 is 36.4 Å². The molecule has 1 aromatic rings. The molecule has 28 heavy (non-hydrogen) atoms. The molecule has 0 aliphatic carbocycles. The Balaban J connectivity index is -0.000000298. The topological polar surface area (TPSA) is 132 Å².